The SMILES string of the molecule is C=C(OC)c1nc(Br)cnc1N. The lowest BCUT2D eigenvalue weighted by Crippen LogP contribution is -2.00. The fourth-order valence-corrected chi connectivity index (χ4v) is 0.958. The van der Waals surface area contributed by atoms with Crippen LogP contribution >= 0.6 is 15.9 Å². The van der Waals surface area contributed by atoms with E-state index in [1.807, 2.05) is 0 Å². The summed E-state index contributed by atoms with van der Waals surface area (Å²) in [7, 11) is 1.50. The van der Waals surface area contributed by atoms with Crippen LogP contribution in [0.5, 0.6) is 0 Å². The molecule has 0 aliphatic carbocycles. The number of hydrogen-bond acceptors (Lipinski definition) is 4. The number of aromatic nitrogens is 2. The molecular weight excluding hydrogens is 222 g/mol. The molecule has 12 heavy (non-hydrogen) atoms. The standard InChI is InChI=1S/C7H8BrN3O/c1-4(12-2)6-7(9)10-3-5(8)11-6/h3H,1H2,2H3,(H2,9,10). The third-order valence-electron chi connectivity index (χ3n) is 1.28. The Bertz CT molecular complexity index is 314. The number of methoxy groups -OCH3 is 1. The normalized spacial score (nSPS) is 9.50. The maximum atomic E-state index is 5.53. The van der Waals surface area contributed by atoms with Crippen LogP contribution in [0.4, 0.5) is 5.82 Å². The Balaban J connectivity index is 3.13. The summed E-state index contributed by atoms with van der Waals surface area (Å²) in [6.07, 6.45) is 1.52. The highest BCUT2D eigenvalue weighted by molar-refractivity contribution is 9.10. The van der Waals surface area contributed by atoms with E-state index in [9.17, 15) is 0 Å². The number of nitrogens with two attached hydrogens (primary N) is 1. The molecule has 0 bridgehead atoms. The zero-order valence-corrected chi connectivity index (χ0v) is 8.13. The van der Waals surface area contributed by atoms with Gasteiger partial charge in [-0.05, 0) is 15.9 Å². The van der Waals surface area contributed by atoms with Gasteiger partial charge in [0.1, 0.15) is 16.1 Å². The molecule has 0 saturated carbocycles. The highest BCUT2D eigenvalue weighted by Crippen LogP contribution is 2.17. The fourth-order valence-electron chi connectivity index (χ4n) is 0.679. The molecule has 0 aliphatic rings. The summed E-state index contributed by atoms with van der Waals surface area (Å²) in [5, 5.41) is 0. The largest absolute Gasteiger partial charge is 0.495 e. The van der Waals surface area contributed by atoms with Gasteiger partial charge in [-0.1, -0.05) is 6.58 Å². The quantitative estimate of drug-likeness (QED) is 0.781. The Hall–Kier alpha value is -1.10. The second-order valence-corrected chi connectivity index (χ2v) is 2.87. The van der Waals surface area contributed by atoms with Crippen LogP contribution in [0.15, 0.2) is 17.4 Å². The Kier molecular flexibility index (Phi) is 2.65. The first kappa shape index (κ1) is 8.99. The van der Waals surface area contributed by atoms with Crippen molar-refractivity contribution in [3.05, 3.63) is 23.1 Å². The third kappa shape index (κ3) is 1.73. The molecule has 64 valence electrons. The van der Waals surface area contributed by atoms with Gasteiger partial charge in [0.25, 0.3) is 0 Å². The van der Waals surface area contributed by atoms with Crippen LogP contribution < -0.4 is 5.73 Å². The molecule has 0 aliphatic heterocycles. The van der Waals surface area contributed by atoms with Crippen LogP contribution in [0.1, 0.15) is 5.69 Å². The molecule has 4 nitrogen and oxygen atoms in total. The molecule has 0 fully saturated rings. The first-order valence-corrected chi connectivity index (χ1v) is 3.95. The van der Waals surface area contributed by atoms with Crippen molar-refractivity contribution in [2.75, 3.05) is 12.8 Å². The summed E-state index contributed by atoms with van der Waals surface area (Å²) in [6.45, 7) is 3.62. The van der Waals surface area contributed by atoms with E-state index >= 15 is 0 Å². The van der Waals surface area contributed by atoms with Crippen LogP contribution in [0.25, 0.3) is 5.76 Å². The highest BCUT2D eigenvalue weighted by atomic mass is 79.9. The smallest absolute Gasteiger partial charge is 0.153 e. The molecule has 0 aromatic carbocycles. The Labute approximate surface area is 78.6 Å². The van der Waals surface area contributed by atoms with Crippen molar-refractivity contribution in [1.82, 2.24) is 9.97 Å². The second kappa shape index (κ2) is 3.53. The lowest BCUT2D eigenvalue weighted by Gasteiger charge is -2.05. The predicted molar refractivity (Wildman–Crippen MR) is 50.2 cm³/mol. The molecule has 2 N–H and O–H groups in total. The Morgan fingerprint density at radius 3 is 3.00 bits per heavy atom. The van der Waals surface area contributed by atoms with Crippen molar-refractivity contribution in [2.45, 2.75) is 0 Å². The molecule has 0 amide bonds. The topological polar surface area (TPSA) is 61.0 Å². The van der Waals surface area contributed by atoms with Crippen molar-refractivity contribution >= 4 is 27.5 Å². The molecule has 0 atom stereocenters. The number of anilines is 1. The molecule has 1 rings (SSSR count). The maximum Gasteiger partial charge on any atom is 0.153 e. The van der Waals surface area contributed by atoms with Crippen LogP contribution in [0.3, 0.4) is 0 Å². The van der Waals surface area contributed by atoms with Crippen molar-refractivity contribution < 1.29 is 4.74 Å². The van der Waals surface area contributed by atoms with Gasteiger partial charge < -0.3 is 10.5 Å². The summed E-state index contributed by atoms with van der Waals surface area (Å²) in [4.78, 5) is 7.92. The van der Waals surface area contributed by atoms with E-state index in [0.717, 1.165) is 0 Å². The van der Waals surface area contributed by atoms with Crippen molar-refractivity contribution in [1.29, 1.82) is 0 Å². The maximum absolute atomic E-state index is 5.53. The van der Waals surface area contributed by atoms with E-state index in [1.165, 1.54) is 13.3 Å². The minimum absolute atomic E-state index is 0.310. The summed E-state index contributed by atoms with van der Waals surface area (Å²) < 4.78 is 5.48. The van der Waals surface area contributed by atoms with E-state index < -0.39 is 0 Å². The predicted octanol–water partition coefficient (Wildman–Crippen LogP) is 1.44. The number of halogens is 1. The van der Waals surface area contributed by atoms with E-state index in [4.69, 9.17) is 10.5 Å². The average Bonchev–Trinajstić information content (AvgIpc) is 2.08. The van der Waals surface area contributed by atoms with E-state index in [-0.39, 0.29) is 0 Å². The molecule has 0 unspecified atom stereocenters. The first-order chi connectivity index (χ1) is 5.65. The van der Waals surface area contributed by atoms with Gasteiger partial charge in [0.05, 0.1) is 13.3 Å². The summed E-state index contributed by atoms with van der Waals surface area (Å²) >= 11 is 3.17. The van der Waals surface area contributed by atoms with Crippen molar-refractivity contribution in [3.8, 4) is 0 Å². The molecule has 0 spiro atoms. The average molecular weight is 230 g/mol. The summed E-state index contributed by atoms with van der Waals surface area (Å²) in [5.41, 5.74) is 6.00. The minimum atomic E-state index is 0.310. The lowest BCUT2D eigenvalue weighted by atomic mass is 10.3. The number of nitrogen functional groups attached to an aromatic ring is 1. The number of hydrogen-bond donors (Lipinski definition) is 1. The molecule has 1 aromatic rings. The van der Waals surface area contributed by atoms with Gasteiger partial charge in [-0.3, -0.25) is 0 Å². The van der Waals surface area contributed by atoms with Gasteiger partial charge in [0.15, 0.2) is 5.82 Å². The first-order valence-electron chi connectivity index (χ1n) is 3.16. The lowest BCUT2D eigenvalue weighted by molar-refractivity contribution is 0.369. The summed E-state index contributed by atoms with van der Waals surface area (Å²) in [5.74, 6) is 0.714. The van der Waals surface area contributed by atoms with Gasteiger partial charge in [0.2, 0.25) is 0 Å². The summed E-state index contributed by atoms with van der Waals surface area (Å²) in [6, 6.07) is 0. The van der Waals surface area contributed by atoms with Crippen LogP contribution in [0, 0.1) is 0 Å². The molecule has 5 heteroatoms. The molecular formula is C7H8BrN3O. The van der Waals surface area contributed by atoms with E-state index in [2.05, 4.69) is 32.5 Å². The Morgan fingerprint density at radius 2 is 2.42 bits per heavy atom. The van der Waals surface area contributed by atoms with Crippen LogP contribution in [-0.4, -0.2) is 17.1 Å². The highest BCUT2D eigenvalue weighted by Gasteiger charge is 2.06. The van der Waals surface area contributed by atoms with Gasteiger partial charge in [0, 0.05) is 0 Å². The van der Waals surface area contributed by atoms with E-state index in [0.29, 0.717) is 21.9 Å². The minimum Gasteiger partial charge on any atom is -0.495 e. The number of ether oxygens (including phenoxy) is 1. The van der Waals surface area contributed by atoms with Crippen molar-refractivity contribution in [3.63, 3.8) is 0 Å². The van der Waals surface area contributed by atoms with Crippen LogP contribution in [-0.2, 0) is 4.74 Å². The second-order valence-electron chi connectivity index (χ2n) is 2.05. The molecule has 1 aromatic heterocycles. The van der Waals surface area contributed by atoms with Gasteiger partial charge in [-0.2, -0.15) is 0 Å². The monoisotopic (exact) mass is 229 g/mol. The van der Waals surface area contributed by atoms with Gasteiger partial charge in [-0.25, -0.2) is 9.97 Å². The fraction of sp³-hybridized carbons (Fsp3) is 0.143. The zero-order chi connectivity index (χ0) is 9.14. The zero-order valence-electron chi connectivity index (χ0n) is 6.54. The van der Waals surface area contributed by atoms with Gasteiger partial charge in [-0.15, -0.1) is 0 Å². The number of rotatable bonds is 2. The molecule has 0 radical (unpaired) electrons. The third-order valence-corrected chi connectivity index (χ3v) is 1.66. The Morgan fingerprint density at radius 1 is 1.75 bits per heavy atom. The van der Waals surface area contributed by atoms with Gasteiger partial charge >= 0.3 is 0 Å². The van der Waals surface area contributed by atoms with Crippen molar-refractivity contribution in [2.24, 2.45) is 0 Å². The molecule has 1 heterocycles. The van der Waals surface area contributed by atoms with Crippen LogP contribution in [0.2, 0.25) is 0 Å². The molecule has 0 saturated heterocycles. The van der Waals surface area contributed by atoms with E-state index in [1.54, 1.807) is 0 Å². The number of nitrogens with zero attached hydrogens (tertiary/aromatic N) is 2.